The lowest BCUT2D eigenvalue weighted by Crippen LogP contribution is -2.26. The van der Waals surface area contributed by atoms with E-state index in [0.717, 1.165) is 32.9 Å². The van der Waals surface area contributed by atoms with E-state index in [1.54, 1.807) is 6.07 Å². The van der Waals surface area contributed by atoms with Gasteiger partial charge < -0.3 is 0 Å². The molecule has 6 heteroatoms. The van der Waals surface area contributed by atoms with Gasteiger partial charge in [-0.15, -0.1) is 0 Å². The minimum Gasteiger partial charge on any atom is -0.232 e. The number of hydrogen-bond acceptors (Lipinski definition) is 0. The molecule has 0 unspecified atom stereocenters. The molecule has 6 nitrogen and oxygen atoms in total. The fourth-order valence-electron chi connectivity index (χ4n) is 10.5. The Kier molecular flexibility index (Phi) is 8.71. The van der Waals surface area contributed by atoms with Gasteiger partial charge in [0.1, 0.15) is 47.5 Å². The van der Waals surface area contributed by atoms with Crippen molar-refractivity contribution >= 4 is 82.0 Å². The lowest BCUT2D eigenvalue weighted by Gasteiger charge is -2.08. The second-order valence-corrected chi connectivity index (χ2v) is 17.5. The molecule has 65 heavy (non-hydrogen) atoms. The monoisotopic (exact) mass is 848 g/mol. The van der Waals surface area contributed by atoms with Gasteiger partial charge in [-0.2, -0.15) is 13.2 Å². The standard InChI is InChI=1S/C23H19N2.2C18H17N2/c1-16-9-8-13-19-18-12-6-7-14-20(18)25-15-21(17-10-4-3-5-11-17)24(2)23(25)22(16)19;2*1-12-7-5-9-15-16(12)14-8-4-6-13(2)17(14)18-19(3)10-11-20(15)18/h3-15H,1-2H3;2*4-11H,1-3H3/q3*+1/i;1D3;. The van der Waals surface area contributed by atoms with Crippen LogP contribution < -0.4 is 13.5 Å². The maximum absolute atomic E-state index is 7.92. The first kappa shape index (κ1) is 36.6. The van der Waals surface area contributed by atoms with Gasteiger partial charge in [0.15, 0.2) is 5.69 Å². The molecule has 0 aliphatic heterocycles. The van der Waals surface area contributed by atoms with E-state index in [9.17, 15) is 0 Å². The number of nitrogens with zero attached hydrogens (tertiary/aromatic N) is 6. The molecular weight excluding hydrogens is 793 g/mol. The smallest absolute Gasteiger partial charge is 0.232 e. The van der Waals surface area contributed by atoms with Crippen LogP contribution in [0.4, 0.5) is 0 Å². The maximum atomic E-state index is 7.92. The van der Waals surface area contributed by atoms with Crippen LogP contribution in [0.15, 0.2) is 177 Å². The van der Waals surface area contributed by atoms with Crippen LogP contribution in [-0.4, -0.2) is 13.4 Å². The molecule has 0 aliphatic rings. The summed E-state index contributed by atoms with van der Waals surface area (Å²) in [5.41, 5.74) is 15.0. The first-order chi connectivity index (χ1) is 32.8. The zero-order valence-corrected chi connectivity index (χ0v) is 37.9. The number of aryl methyl sites for hydroxylation is 8. The molecule has 13 aromatic rings. The molecule has 0 amide bonds. The van der Waals surface area contributed by atoms with Gasteiger partial charge in [-0.05, 0) is 80.6 Å². The van der Waals surface area contributed by atoms with Crippen molar-refractivity contribution in [1.82, 2.24) is 13.4 Å². The molecule has 0 bridgehead atoms. The highest BCUT2D eigenvalue weighted by Crippen LogP contribution is 2.35. The molecular formula is C59H53N6+3. The lowest BCUT2D eigenvalue weighted by atomic mass is 9.99. The Morgan fingerprint density at radius 2 is 0.877 bits per heavy atom. The number of para-hydroxylation sites is 1. The van der Waals surface area contributed by atoms with Crippen molar-refractivity contribution in [2.75, 3.05) is 0 Å². The highest BCUT2D eigenvalue weighted by Gasteiger charge is 2.24. The third-order valence-electron chi connectivity index (χ3n) is 13.5. The van der Waals surface area contributed by atoms with Crippen molar-refractivity contribution in [3.63, 3.8) is 0 Å². The Morgan fingerprint density at radius 1 is 0.431 bits per heavy atom. The summed E-state index contributed by atoms with van der Waals surface area (Å²) in [6.07, 6.45) is 10.5. The number of hydrogen-bond donors (Lipinski definition) is 0. The van der Waals surface area contributed by atoms with Gasteiger partial charge in [0.2, 0.25) is 0 Å². The predicted molar refractivity (Wildman–Crippen MR) is 270 cm³/mol. The van der Waals surface area contributed by atoms with Gasteiger partial charge in [0, 0.05) is 42.0 Å². The SMILES string of the molecule is Cc1cccc2c1c1cccc(C)c1c1n2cc[n+]1C.Cc1cccc2c3ccccc3[n+]3cc(-c4ccccc4)n(C)c3c12.[2H]C([2H])([2H])c1cccc2c1c1cccc(C)c1c1n2cc[n+]1C. The van der Waals surface area contributed by atoms with E-state index in [4.69, 9.17) is 4.11 Å². The predicted octanol–water partition coefficient (Wildman–Crippen LogP) is 12.4. The van der Waals surface area contributed by atoms with E-state index in [1.807, 2.05) is 43.7 Å². The zero-order chi connectivity index (χ0) is 47.2. The summed E-state index contributed by atoms with van der Waals surface area (Å²) < 4.78 is 37.1. The highest BCUT2D eigenvalue weighted by molar-refractivity contribution is 6.15. The summed E-state index contributed by atoms with van der Waals surface area (Å²) in [6, 6.07) is 50.6. The molecule has 0 saturated carbocycles. The lowest BCUT2D eigenvalue weighted by molar-refractivity contribution is -0.643. The van der Waals surface area contributed by atoms with Crippen LogP contribution in [0.2, 0.25) is 0 Å². The van der Waals surface area contributed by atoms with Crippen LogP contribution in [0, 0.1) is 34.5 Å². The molecule has 0 N–H and O–H groups in total. The van der Waals surface area contributed by atoms with Crippen molar-refractivity contribution in [3.05, 3.63) is 204 Å². The van der Waals surface area contributed by atoms with Crippen LogP contribution in [-0.2, 0) is 21.1 Å². The molecule has 6 heterocycles. The van der Waals surface area contributed by atoms with Crippen LogP contribution in [0.1, 0.15) is 31.9 Å². The third-order valence-corrected chi connectivity index (χ3v) is 13.5. The molecule has 316 valence electrons. The van der Waals surface area contributed by atoms with E-state index < -0.39 is 6.85 Å². The average molecular weight is 849 g/mol. The highest BCUT2D eigenvalue weighted by atomic mass is 15.1. The van der Waals surface area contributed by atoms with E-state index in [-0.39, 0.29) is 0 Å². The van der Waals surface area contributed by atoms with E-state index >= 15 is 0 Å². The third kappa shape index (κ3) is 6.19. The summed E-state index contributed by atoms with van der Waals surface area (Å²) in [5, 5.41) is 10.9. The van der Waals surface area contributed by atoms with Gasteiger partial charge in [0.05, 0.1) is 37.3 Å². The number of benzene rings is 7. The fourth-order valence-corrected chi connectivity index (χ4v) is 10.5. The van der Waals surface area contributed by atoms with E-state index in [2.05, 4.69) is 203 Å². The van der Waals surface area contributed by atoms with Crippen molar-refractivity contribution in [2.45, 2.75) is 34.5 Å². The Hall–Kier alpha value is -7.83. The molecule has 0 atom stereocenters. The Morgan fingerprint density at radius 3 is 1.45 bits per heavy atom. The minimum absolute atomic E-state index is 0.406. The fraction of sp³-hybridized carbons (Fsp3) is 0.136. The van der Waals surface area contributed by atoms with Gasteiger partial charge >= 0.3 is 0 Å². The number of fused-ring (bicyclic) bond motifs is 18. The van der Waals surface area contributed by atoms with Crippen molar-refractivity contribution < 1.29 is 17.6 Å². The molecule has 6 aromatic heterocycles. The molecule has 0 aliphatic carbocycles. The molecule has 0 spiro atoms. The Bertz CT molecular complexity index is 4160. The number of aromatic nitrogens is 6. The number of pyridine rings is 3. The largest absolute Gasteiger partial charge is 0.295 e. The summed E-state index contributed by atoms with van der Waals surface area (Å²) in [7, 11) is 6.29. The van der Waals surface area contributed by atoms with Gasteiger partial charge in [0.25, 0.3) is 16.9 Å². The first-order valence-electron chi connectivity index (χ1n) is 23.8. The average Bonchev–Trinajstić information content (AvgIpc) is 4.04. The van der Waals surface area contributed by atoms with Crippen LogP contribution in [0.3, 0.4) is 0 Å². The number of imidazole rings is 3. The van der Waals surface area contributed by atoms with Crippen molar-refractivity contribution in [2.24, 2.45) is 21.1 Å². The van der Waals surface area contributed by atoms with Crippen LogP contribution in [0.25, 0.3) is 93.2 Å². The molecule has 0 saturated heterocycles. The van der Waals surface area contributed by atoms with E-state index in [0.29, 0.717) is 5.56 Å². The minimum atomic E-state index is -2.14. The maximum Gasteiger partial charge on any atom is 0.295 e. The summed E-state index contributed by atoms with van der Waals surface area (Å²) >= 11 is 0. The second kappa shape index (κ2) is 15.5. The summed E-state index contributed by atoms with van der Waals surface area (Å²) in [5.74, 6) is 0. The van der Waals surface area contributed by atoms with Gasteiger partial charge in [-0.25, -0.2) is 13.7 Å². The molecule has 13 rings (SSSR count). The normalized spacial score (nSPS) is 12.6. The molecule has 7 aromatic carbocycles. The summed E-state index contributed by atoms with van der Waals surface area (Å²) in [6.45, 7) is 6.52. The molecule has 0 fully saturated rings. The van der Waals surface area contributed by atoms with E-state index in [1.165, 1.54) is 82.6 Å². The second-order valence-electron chi connectivity index (χ2n) is 17.5. The number of rotatable bonds is 1. The zero-order valence-electron chi connectivity index (χ0n) is 40.9. The van der Waals surface area contributed by atoms with Crippen molar-refractivity contribution in [3.8, 4) is 11.3 Å². The van der Waals surface area contributed by atoms with Crippen LogP contribution >= 0.6 is 0 Å². The van der Waals surface area contributed by atoms with Gasteiger partial charge in [-0.3, -0.25) is 0 Å². The van der Waals surface area contributed by atoms with Crippen molar-refractivity contribution in [1.29, 1.82) is 0 Å². The first-order valence-corrected chi connectivity index (χ1v) is 22.3. The summed E-state index contributed by atoms with van der Waals surface area (Å²) in [4.78, 5) is 0. The van der Waals surface area contributed by atoms with Crippen LogP contribution in [0.5, 0.6) is 0 Å². The molecule has 0 radical (unpaired) electrons. The quantitative estimate of drug-likeness (QED) is 0.116. The van der Waals surface area contributed by atoms with Gasteiger partial charge in [-0.1, -0.05) is 127 Å². The Labute approximate surface area is 382 Å². The topological polar surface area (TPSA) is 25.6 Å². The Balaban J connectivity index is 0.000000113.